The first-order chi connectivity index (χ1) is 7.46. The van der Waals surface area contributed by atoms with Gasteiger partial charge in [-0.05, 0) is 18.4 Å². The highest BCUT2D eigenvalue weighted by molar-refractivity contribution is 5.92. The predicted octanol–water partition coefficient (Wildman–Crippen LogP) is 0.525. The zero-order chi connectivity index (χ0) is 12.2. The largest absolute Gasteiger partial charge is 0.350 e. The zero-order valence-electron chi connectivity index (χ0n) is 10.2. The van der Waals surface area contributed by atoms with Crippen molar-refractivity contribution in [3.63, 3.8) is 0 Å². The Morgan fingerprint density at radius 3 is 2.81 bits per heavy atom. The van der Waals surface area contributed by atoms with Gasteiger partial charge in [0.2, 0.25) is 0 Å². The van der Waals surface area contributed by atoms with E-state index in [1.165, 1.54) is 0 Å². The fourth-order valence-corrected chi connectivity index (χ4v) is 1.47. The van der Waals surface area contributed by atoms with Gasteiger partial charge in [0.05, 0.1) is 12.5 Å². The van der Waals surface area contributed by atoms with Gasteiger partial charge >= 0.3 is 0 Å². The van der Waals surface area contributed by atoms with Crippen LogP contribution in [-0.2, 0) is 7.05 Å². The Balaban J connectivity index is 2.51. The van der Waals surface area contributed by atoms with E-state index in [0.717, 1.165) is 6.42 Å². The summed E-state index contributed by atoms with van der Waals surface area (Å²) in [7, 11) is 1.80. The lowest BCUT2D eigenvalue weighted by atomic mass is 9.89. The molecule has 0 atom stereocenters. The maximum Gasteiger partial charge on any atom is 0.269 e. The monoisotopic (exact) mass is 224 g/mol. The number of nitrogens with zero attached hydrogens (tertiary/aromatic N) is 2. The minimum atomic E-state index is -0.0925. The van der Waals surface area contributed by atoms with Crippen LogP contribution in [-0.4, -0.2) is 28.5 Å². The first kappa shape index (κ1) is 12.7. The number of aromatic nitrogens is 2. The summed E-state index contributed by atoms with van der Waals surface area (Å²) in [5.74, 6) is -0.0925. The van der Waals surface area contributed by atoms with Gasteiger partial charge in [0.25, 0.3) is 5.91 Å². The summed E-state index contributed by atoms with van der Waals surface area (Å²) in [6, 6.07) is 0. The molecule has 0 aliphatic heterocycles. The van der Waals surface area contributed by atoms with Crippen LogP contribution in [0.4, 0.5) is 0 Å². The molecule has 0 spiro atoms. The molecule has 0 bridgehead atoms. The summed E-state index contributed by atoms with van der Waals surface area (Å²) in [6.07, 6.45) is 4.06. The van der Waals surface area contributed by atoms with Crippen molar-refractivity contribution in [2.45, 2.75) is 20.3 Å². The van der Waals surface area contributed by atoms with E-state index in [4.69, 9.17) is 5.73 Å². The third-order valence-electron chi connectivity index (χ3n) is 2.60. The molecular weight excluding hydrogens is 204 g/mol. The van der Waals surface area contributed by atoms with Gasteiger partial charge < -0.3 is 15.6 Å². The molecule has 0 fully saturated rings. The van der Waals surface area contributed by atoms with Crippen LogP contribution in [0.2, 0.25) is 0 Å². The van der Waals surface area contributed by atoms with Crippen LogP contribution in [0.5, 0.6) is 0 Å². The number of nitrogens with two attached hydrogens (primary N) is 1. The Bertz CT molecular complexity index is 357. The van der Waals surface area contributed by atoms with E-state index < -0.39 is 0 Å². The molecule has 0 radical (unpaired) electrons. The minimum absolute atomic E-state index is 0.0308. The highest BCUT2D eigenvalue weighted by atomic mass is 16.1. The second kappa shape index (κ2) is 5.12. The summed E-state index contributed by atoms with van der Waals surface area (Å²) in [4.78, 5) is 15.7. The molecule has 5 nitrogen and oxygen atoms in total. The van der Waals surface area contributed by atoms with Crippen molar-refractivity contribution < 1.29 is 4.79 Å². The number of amides is 1. The third kappa shape index (κ3) is 3.34. The molecule has 3 N–H and O–H groups in total. The Labute approximate surface area is 96.0 Å². The van der Waals surface area contributed by atoms with Crippen LogP contribution < -0.4 is 11.1 Å². The number of rotatable bonds is 5. The standard InChI is InChI=1S/C11H20N4O/c1-11(2,4-5-12)7-14-10(16)9-6-13-8-15(9)3/h6,8H,4-5,7,12H2,1-3H3,(H,14,16). The van der Waals surface area contributed by atoms with Crippen molar-refractivity contribution in [1.82, 2.24) is 14.9 Å². The number of carbonyl (C=O) groups excluding carboxylic acids is 1. The average Bonchev–Trinajstić information content (AvgIpc) is 2.61. The fourth-order valence-electron chi connectivity index (χ4n) is 1.47. The molecule has 0 saturated carbocycles. The quantitative estimate of drug-likeness (QED) is 0.766. The van der Waals surface area contributed by atoms with E-state index >= 15 is 0 Å². The first-order valence-electron chi connectivity index (χ1n) is 5.41. The maximum atomic E-state index is 11.8. The van der Waals surface area contributed by atoms with Crippen LogP contribution >= 0.6 is 0 Å². The Hall–Kier alpha value is -1.36. The van der Waals surface area contributed by atoms with E-state index in [2.05, 4.69) is 24.1 Å². The minimum Gasteiger partial charge on any atom is -0.350 e. The lowest BCUT2D eigenvalue weighted by Crippen LogP contribution is -2.35. The molecule has 1 amide bonds. The van der Waals surface area contributed by atoms with Crippen LogP contribution in [0.1, 0.15) is 30.8 Å². The molecule has 1 rings (SSSR count). The first-order valence-corrected chi connectivity index (χ1v) is 5.41. The number of hydrogen-bond donors (Lipinski definition) is 2. The molecule has 0 aliphatic rings. The number of nitrogens with one attached hydrogen (secondary N) is 1. The van der Waals surface area contributed by atoms with Crippen molar-refractivity contribution in [2.75, 3.05) is 13.1 Å². The molecule has 1 aromatic rings. The van der Waals surface area contributed by atoms with Gasteiger partial charge in [-0.1, -0.05) is 13.8 Å². The Morgan fingerprint density at radius 2 is 2.31 bits per heavy atom. The molecular formula is C11H20N4O. The van der Waals surface area contributed by atoms with Gasteiger partial charge in [0, 0.05) is 13.6 Å². The smallest absolute Gasteiger partial charge is 0.269 e. The van der Waals surface area contributed by atoms with Gasteiger partial charge in [-0.3, -0.25) is 4.79 Å². The van der Waals surface area contributed by atoms with Crippen molar-refractivity contribution in [2.24, 2.45) is 18.2 Å². The molecule has 0 aromatic carbocycles. The zero-order valence-corrected chi connectivity index (χ0v) is 10.2. The van der Waals surface area contributed by atoms with Crippen LogP contribution in [0.25, 0.3) is 0 Å². The lowest BCUT2D eigenvalue weighted by molar-refractivity contribution is 0.0927. The number of aryl methyl sites for hydroxylation is 1. The Kier molecular flexibility index (Phi) is 4.06. The summed E-state index contributed by atoms with van der Waals surface area (Å²) in [5, 5.41) is 2.90. The van der Waals surface area contributed by atoms with Crippen molar-refractivity contribution in [1.29, 1.82) is 0 Å². The van der Waals surface area contributed by atoms with Crippen LogP contribution in [0.3, 0.4) is 0 Å². The van der Waals surface area contributed by atoms with Crippen molar-refractivity contribution in [3.8, 4) is 0 Å². The predicted molar refractivity (Wildman–Crippen MR) is 63.0 cm³/mol. The highest BCUT2D eigenvalue weighted by Gasteiger charge is 2.19. The van der Waals surface area contributed by atoms with Gasteiger partial charge in [-0.15, -0.1) is 0 Å². The molecule has 90 valence electrons. The molecule has 1 heterocycles. The molecule has 1 aromatic heterocycles. The van der Waals surface area contributed by atoms with E-state index in [1.54, 1.807) is 24.1 Å². The highest BCUT2D eigenvalue weighted by Crippen LogP contribution is 2.17. The number of carbonyl (C=O) groups is 1. The Morgan fingerprint density at radius 1 is 1.62 bits per heavy atom. The van der Waals surface area contributed by atoms with Gasteiger partial charge in [0.1, 0.15) is 5.69 Å². The SMILES string of the molecule is Cn1cncc1C(=O)NCC(C)(C)CCN. The number of imidazole rings is 1. The van der Waals surface area contributed by atoms with Gasteiger partial charge in [-0.2, -0.15) is 0 Å². The average molecular weight is 224 g/mol. The second-order valence-electron chi connectivity index (χ2n) is 4.78. The fraction of sp³-hybridized carbons (Fsp3) is 0.636. The second-order valence-corrected chi connectivity index (χ2v) is 4.78. The van der Waals surface area contributed by atoms with E-state index in [9.17, 15) is 4.79 Å². The van der Waals surface area contributed by atoms with Crippen molar-refractivity contribution >= 4 is 5.91 Å². The molecule has 0 aliphatic carbocycles. The van der Waals surface area contributed by atoms with E-state index in [-0.39, 0.29) is 11.3 Å². The molecule has 5 heteroatoms. The summed E-state index contributed by atoms with van der Waals surface area (Å²) >= 11 is 0. The van der Waals surface area contributed by atoms with E-state index in [0.29, 0.717) is 18.8 Å². The summed E-state index contributed by atoms with van der Waals surface area (Å²) in [6.45, 7) is 5.43. The van der Waals surface area contributed by atoms with Crippen LogP contribution in [0, 0.1) is 5.41 Å². The maximum absolute atomic E-state index is 11.8. The van der Waals surface area contributed by atoms with Crippen LogP contribution in [0.15, 0.2) is 12.5 Å². The normalized spacial score (nSPS) is 11.5. The lowest BCUT2D eigenvalue weighted by Gasteiger charge is -2.24. The molecule has 0 unspecified atom stereocenters. The molecule has 0 saturated heterocycles. The summed E-state index contributed by atoms with van der Waals surface area (Å²) in [5.41, 5.74) is 6.12. The van der Waals surface area contributed by atoms with Crippen molar-refractivity contribution in [3.05, 3.63) is 18.2 Å². The van der Waals surface area contributed by atoms with Gasteiger partial charge in [0.15, 0.2) is 0 Å². The summed E-state index contributed by atoms with van der Waals surface area (Å²) < 4.78 is 1.70. The molecule has 16 heavy (non-hydrogen) atoms. The third-order valence-corrected chi connectivity index (χ3v) is 2.60. The van der Waals surface area contributed by atoms with E-state index in [1.807, 2.05) is 0 Å². The van der Waals surface area contributed by atoms with Gasteiger partial charge in [-0.25, -0.2) is 4.98 Å². The topological polar surface area (TPSA) is 72.9 Å². The number of hydrogen-bond acceptors (Lipinski definition) is 3.